The summed E-state index contributed by atoms with van der Waals surface area (Å²) in [6, 6.07) is 11.3. The Hall–Kier alpha value is -4.23. The molecule has 0 spiro atoms. The van der Waals surface area contributed by atoms with Gasteiger partial charge in [0, 0.05) is 17.8 Å². The van der Waals surface area contributed by atoms with Gasteiger partial charge in [-0.15, -0.1) is 0 Å². The molecule has 2 aromatic carbocycles. The van der Waals surface area contributed by atoms with Gasteiger partial charge in [-0.05, 0) is 88.7 Å². The van der Waals surface area contributed by atoms with Crippen LogP contribution in [0.25, 0.3) is 21.2 Å². The molecule has 0 fully saturated rings. The predicted octanol–water partition coefficient (Wildman–Crippen LogP) is 7.75. The average molecular weight is 659 g/mol. The lowest BCUT2D eigenvalue weighted by atomic mass is 10.0. The summed E-state index contributed by atoms with van der Waals surface area (Å²) in [5.41, 5.74) is -0.933. The first-order valence-corrected chi connectivity index (χ1v) is 15.3. The van der Waals surface area contributed by atoms with E-state index in [4.69, 9.17) is 9.47 Å². The van der Waals surface area contributed by atoms with Gasteiger partial charge in [-0.2, -0.15) is 13.2 Å². The topological polar surface area (TPSA) is 114 Å². The van der Waals surface area contributed by atoms with E-state index in [1.165, 1.54) is 17.0 Å². The minimum absolute atomic E-state index is 0.0560. The van der Waals surface area contributed by atoms with Gasteiger partial charge in [0.25, 0.3) is 0 Å². The Morgan fingerprint density at radius 3 is 2.24 bits per heavy atom. The molecule has 0 saturated carbocycles. The van der Waals surface area contributed by atoms with Gasteiger partial charge in [0.1, 0.15) is 11.2 Å². The van der Waals surface area contributed by atoms with Crippen molar-refractivity contribution in [3.63, 3.8) is 0 Å². The summed E-state index contributed by atoms with van der Waals surface area (Å²) in [5, 5.41) is 15.1. The highest BCUT2D eigenvalue weighted by atomic mass is 32.1. The zero-order valence-corrected chi connectivity index (χ0v) is 27.3. The summed E-state index contributed by atoms with van der Waals surface area (Å²) in [6.45, 7) is 9.63. The Morgan fingerprint density at radius 1 is 0.957 bits per heavy atom. The normalized spacial score (nSPS) is 12.9. The summed E-state index contributed by atoms with van der Waals surface area (Å²) in [4.78, 5) is 37.2. The molecule has 4 rings (SSSR count). The molecule has 246 valence electrons. The van der Waals surface area contributed by atoms with E-state index in [0.29, 0.717) is 16.1 Å². The van der Waals surface area contributed by atoms with Crippen molar-refractivity contribution in [1.29, 1.82) is 0 Å². The number of nitrogens with one attached hydrogen (secondary N) is 1. The number of amides is 2. The molecule has 2 amide bonds. The van der Waals surface area contributed by atoms with Crippen molar-refractivity contribution in [1.82, 2.24) is 15.3 Å². The maximum absolute atomic E-state index is 13.7. The monoisotopic (exact) mass is 658 g/mol. The number of aliphatic hydroxyl groups is 1. The number of thiazole rings is 1. The summed E-state index contributed by atoms with van der Waals surface area (Å²) in [5.74, 6) is 0. The van der Waals surface area contributed by atoms with Crippen LogP contribution in [0.3, 0.4) is 0 Å². The fraction of sp³-hybridized carbons (Fsp3) is 0.394. The van der Waals surface area contributed by atoms with Crippen LogP contribution < -0.4 is 10.2 Å². The maximum atomic E-state index is 13.7. The van der Waals surface area contributed by atoms with Crippen LogP contribution in [0, 0.1) is 0 Å². The average Bonchev–Trinajstić information content (AvgIpc) is 3.37. The third kappa shape index (κ3) is 9.39. The summed E-state index contributed by atoms with van der Waals surface area (Å²) in [7, 11) is 0. The van der Waals surface area contributed by atoms with Crippen molar-refractivity contribution < 1.29 is 37.3 Å². The Kier molecular flexibility index (Phi) is 10.3. The Morgan fingerprint density at radius 2 is 1.63 bits per heavy atom. The molecule has 1 atom stereocenters. The van der Waals surface area contributed by atoms with E-state index in [1.54, 1.807) is 53.9 Å². The number of aromatic nitrogens is 2. The number of pyridine rings is 1. The van der Waals surface area contributed by atoms with E-state index in [0.717, 1.165) is 39.8 Å². The molecule has 9 nitrogen and oxygen atoms in total. The lowest BCUT2D eigenvalue weighted by Gasteiger charge is -2.30. The second-order valence-corrected chi connectivity index (χ2v) is 13.7. The van der Waals surface area contributed by atoms with Crippen molar-refractivity contribution in [2.75, 3.05) is 11.4 Å². The number of carbonyl (C=O) groups excluding carboxylic acids is 2. The van der Waals surface area contributed by atoms with Crippen LogP contribution >= 0.6 is 11.3 Å². The Bertz CT molecular complexity index is 1680. The van der Waals surface area contributed by atoms with E-state index in [9.17, 15) is 27.9 Å². The van der Waals surface area contributed by atoms with E-state index in [2.05, 4.69) is 15.3 Å². The SMILES string of the molecule is CC(C)(C)OC(=O)NC(Cc1ccc(C(F)(F)F)cc1)CN(C(=O)OC(C)(C)C)c1nc(CO)c(-c2ccc3cnccc3c2)s1. The second kappa shape index (κ2) is 13.6. The third-order valence-corrected chi connectivity index (χ3v) is 7.64. The number of hydrogen-bond acceptors (Lipinski definition) is 8. The molecular formula is C33H37F3N4O5S. The molecule has 0 aliphatic rings. The van der Waals surface area contributed by atoms with Crippen molar-refractivity contribution in [2.24, 2.45) is 0 Å². The molecule has 46 heavy (non-hydrogen) atoms. The summed E-state index contributed by atoms with van der Waals surface area (Å²) >= 11 is 1.16. The quantitative estimate of drug-likeness (QED) is 0.199. The first-order valence-electron chi connectivity index (χ1n) is 14.5. The molecular weight excluding hydrogens is 621 g/mol. The largest absolute Gasteiger partial charge is 0.444 e. The molecule has 2 heterocycles. The number of carbonyl (C=O) groups is 2. The number of nitrogens with zero attached hydrogens (tertiary/aromatic N) is 3. The standard InChI is InChI=1S/C33H37F3N4O5S/c1-31(2,3)44-29(42)38-25(15-20-7-11-24(12-8-20)33(34,35)36)18-40(30(43)45-32(4,5)6)28-39-26(19-41)27(46-28)22-9-10-23-17-37-14-13-21(23)16-22/h7-14,16-17,25,41H,15,18-19H2,1-6H3,(H,38,42). The van der Waals surface area contributed by atoms with E-state index < -0.39 is 47.8 Å². The van der Waals surface area contributed by atoms with Gasteiger partial charge in [-0.25, -0.2) is 14.6 Å². The van der Waals surface area contributed by atoms with Gasteiger partial charge in [0.05, 0.1) is 35.3 Å². The number of hydrogen-bond donors (Lipinski definition) is 2. The number of halogens is 3. The molecule has 0 bridgehead atoms. The van der Waals surface area contributed by atoms with Crippen LogP contribution in [0.15, 0.2) is 60.9 Å². The van der Waals surface area contributed by atoms with E-state index >= 15 is 0 Å². The van der Waals surface area contributed by atoms with Gasteiger partial charge < -0.3 is 19.9 Å². The number of ether oxygens (including phenoxy) is 2. The van der Waals surface area contributed by atoms with Gasteiger partial charge in [-0.3, -0.25) is 9.88 Å². The van der Waals surface area contributed by atoms with Crippen molar-refractivity contribution in [3.8, 4) is 10.4 Å². The molecule has 0 saturated heterocycles. The Balaban J connectivity index is 1.73. The second-order valence-electron chi connectivity index (χ2n) is 12.7. The van der Waals surface area contributed by atoms with Crippen LogP contribution in [0.4, 0.5) is 27.9 Å². The van der Waals surface area contributed by atoms with Crippen molar-refractivity contribution in [2.45, 2.75) is 78.0 Å². The number of alkyl halides is 3. The van der Waals surface area contributed by atoms with Gasteiger partial charge in [0.2, 0.25) is 0 Å². The molecule has 2 aromatic heterocycles. The summed E-state index contributed by atoms with van der Waals surface area (Å²) < 4.78 is 50.8. The minimum Gasteiger partial charge on any atom is -0.444 e. The van der Waals surface area contributed by atoms with Crippen LogP contribution in [-0.2, 0) is 28.7 Å². The van der Waals surface area contributed by atoms with E-state index in [1.807, 2.05) is 24.3 Å². The van der Waals surface area contributed by atoms with Crippen LogP contribution in [-0.4, -0.2) is 51.0 Å². The fourth-order valence-electron chi connectivity index (χ4n) is 4.53. The first-order chi connectivity index (χ1) is 21.4. The smallest absolute Gasteiger partial charge is 0.416 e. The lowest BCUT2D eigenvalue weighted by molar-refractivity contribution is -0.137. The highest BCUT2D eigenvalue weighted by Gasteiger charge is 2.32. The first kappa shape index (κ1) is 34.6. The predicted molar refractivity (Wildman–Crippen MR) is 171 cm³/mol. The maximum Gasteiger partial charge on any atom is 0.416 e. The highest BCUT2D eigenvalue weighted by molar-refractivity contribution is 7.19. The molecule has 13 heteroatoms. The van der Waals surface area contributed by atoms with Crippen LogP contribution in [0.1, 0.15) is 58.4 Å². The molecule has 0 radical (unpaired) electrons. The van der Waals surface area contributed by atoms with Gasteiger partial charge in [0.15, 0.2) is 5.13 Å². The zero-order chi connectivity index (χ0) is 33.9. The van der Waals surface area contributed by atoms with Crippen molar-refractivity contribution >= 4 is 39.4 Å². The van der Waals surface area contributed by atoms with Crippen LogP contribution in [0.5, 0.6) is 0 Å². The van der Waals surface area contributed by atoms with Crippen LogP contribution in [0.2, 0.25) is 0 Å². The Labute approximate surface area is 269 Å². The number of anilines is 1. The zero-order valence-electron chi connectivity index (χ0n) is 26.4. The van der Waals surface area contributed by atoms with Gasteiger partial charge in [-0.1, -0.05) is 35.6 Å². The third-order valence-electron chi connectivity index (χ3n) is 6.47. The highest BCUT2D eigenvalue weighted by Crippen LogP contribution is 2.37. The number of alkyl carbamates (subject to hydrolysis) is 1. The number of benzene rings is 2. The number of fused-ring (bicyclic) bond motifs is 1. The fourth-order valence-corrected chi connectivity index (χ4v) is 5.60. The molecule has 0 aliphatic heterocycles. The molecule has 2 N–H and O–H groups in total. The van der Waals surface area contributed by atoms with Gasteiger partial charge >= 0.3 is 18.4 Å². The lowest BCUT2D eigenvalue weighted by Crippen LogP contribution is -2.49. The van der Waals surface area contributed by atoms with Crippen molar-refractivity contribution in [3.05, 3.63) is 77.7 Å². The molecule has 0 aliphatic carbocycles. The minimum atomic E-state index is -4.50. The molecule has 4 aromatic rings. The molecule has 1 unspecified atom stereocenters. The number of aliphatic hydroxyl groups excluding tert-OH is 1. The van der Waals surface area contributed by atoms with E-state index in [-0.39, 0.29) is 18.1 Å². The summed E-state index contributed by atoms with van der Waals surface area (Å²) in [6.07, 6.45) is -2.56. The number of rotatable bonds is 8.